The molecule has 5 aromatic rings. The lowest BCUT2D eigenvalue weighted by molar-refractivity contribution is -0.152. The van der Waals surface area contributed by atoms with Gasteiger partial charge in [-0.05, 0) is 46.2 Å². The van der Waals surface area contributed by atoms with Crippen molar-refractivity contribution in [1.82, 2.24) is 0 Å². The fraction of sp³-hybridized carbons (Fsp3) is 0.0741. The Morgan fingerprint density at radius 3 is 2.41 bits per heavy atom. The van der Waals surface area contributed by atoms with Gasteiger partial charge in [0.05, 0.1) is 10.9 Å². The molecule has 0 unspecified atom stereocenters. The third kappa shape index (κ3) is 4.19. The van der Waals surface area contributed by atoms with Crippen molar-refractivity contribution in [3.8, 4) is 16.9 Å². The van der Waals surface area contributed by atoms with Crippen LogP contribution in [-0.2, 0) is 12.8 Å². The minimum Gasteiger partial charge on any atom is -0.489 e. The van der Waals surface area contributed by atoms with Crippen LogP contribution in [0.4, 0.5) is 13.2 Å². The number of benzene rings is 4. The molecule has 0 amide bonds. The van der Waals surface area contributed by atoms with Crippen LogP contribution in [0.25, 0.3) is 32.9 Å². The SMILES string of the molecule is O=c1c(-c2cccc3ccccc23)c(C(F)(F)F)oc2cc(OCc3cccc(Br)c3)ccc12. The van der Waals surface area contributed by atoms with E-state index in [-0.39, 0.29) is 23.1 Å². The molecule has 1 aromatic heterocycles. The first kappa shape index (κ1) is 22.2. The second-order valence-electron chi connectivity index (χ2n) is 7.74. The highest BCUT2D eigenvalue weighted by Crippen LogP contribution is 2.39. The molecule has 0 aliphatic carbocycles. The second kappa shape index (κ2) is 8.65. The van der Waals surface area contributed by atoms with Crippen LogP contribution in [0.15, 0.2) is 98.6 Å². The zero-order valence-corrected chi connectivity index (χ0v) is 19.1. The smallest absolute Gasteiger partial charge is 0.450 e. The molecule has 0 radical (unpaired) electrons. The van der Waals surface area contributed by atoms with Gasteiger partial charge in [-0.1, -0.05) is 70.5 Å². The lowest BCUT2D eigenvalue weighted by Gasteiger charge is -2.15. The van der Waals surface area contributed by atoms with Crippen molar-refractivity contribution in [2.45, 2.75) is 12.8 Å². The van der Waals surface area contributed by atoms with Gasteiger partial charge in [-0.3, -0.25) is 4.79 Å². The number of hydrogen-bond acceptors (Lipinski definition) is 3. The molecule has 7 heteroatoms. The topological polar surface area (TPSA) is 39.4 Å². The van der Waals surface area contributed by atoms with Crippen LogP contribution < -0.4 is 10.2 Å². The van der Waals surface area contributed by atoms with Gasteiger partial charge in [-0.2, -0.15) is 13.2 Å². The van der Waals surface area contributed by atoms with Crippen molar-refractivity contribution in [2.75, 3.05) is 0 Å². The van der Waals surface area contributed by atoms with E-state index in [4.69, 9.17) is 9.15 Å². The highest BCUT2D eigenvalue weighted by molar-refractivity contribution is 9.10. The maximum absolute atomic E-state index is 14.1. The fourth-order valence-corrected chi connectivity index (χ4v) is 4.39. The molecule has 0 aliphatic heterocycles. The molecule has 34 heavy (non-hydrogen) atoms. The van der Waals surface area contributed by atoms with Crippen LogP contribution >= 0.6 is 15.9 Å². The third-order valence-corrected chi connectivity index (χ3v) is 5.97. The van der Waals surface area contributed by atoms with Gasteiger partial charge in [0.1, 0.15) is 17.9 Å². The quantitative estimate of drug-likeness (QED) is 0.239. The molecule has 0 saturated heterocycles. The summed E-state index contributed by atoms with van der Waals surface area (Å²) in [6.45, 7) is 0.204. The lowest BCUT2D eigenvalue weighted by Crippen LogP contribution is -2.16. The average molecular weight is 525 g/mol. The molecule has 0 spiro atoms. The van der Waals surface area contributed by atoms with Gasteiger partial charge in [0.25, 0.3) is 0 Å². The van der Waals surface area contributed by atoms with Gasteiger partial charge in [-0.25, -0.2) is 0 Å². The summed E-state index contributed by atoms with van der Waals surface area (Å²) >= 11 is 3.38. The summed E-state index contributed by atoms with van der Waals surface area (Å²) in [4.78, 5) is 13.4. The molecule has 0 saturated carbocycles. The highest BCUT2D eigenvalue weighted by Gasteiger charge is 2.39. The molecule has 0 aliphatic rings. The summed E-state index contributed by atoms with van der Waals surface area (Å²) in [6, 6.07) is 23.7. The molecule has 0 atom stereocenters. The summed E-state index contributed by atoms with van der Waals surface area (Å²) in [6.07, 6.45) is -4.87. The Kier molecular flexibility index (Phi) is 5.65. The Bertz CT molecular complexity index is 1580. The molecule has 0 fully saturated rings. The van der Waals surface area contributed by atoms with Gasteiger partial charge in [0, 0.05) is 10.5 Å². The largest absolute Gasteiger partial charge is 0.489 e. The highest BCUT2D eigenvalue weighted by atomic mass is 79.9. The van der Waals surface area contributed by atoms with Crippen LogP contribution in [0.5, 0.6) is 5.75 Å². The summed E-state index contributed by atoms with van der Waals surface area (Å²) in [5, 5.41) is 1.31. The summed E-state index contributed by atoms with van der Waals surface area (Å²) in [5.74, 6) is -1.04. The van der Waals surface area contributed by atoms with Crippen LogP contribution in [0.2, 0.25) is 0 Å². The molecule has 170 valence electrons. The molecule has 0 N–H and O–H groups in total. The van der Waals surface area contributed by atoms with E-state index in [0.717, 1.165) is 15.4 Å². The Morgan fingerprint density at radius 2 is 1.62 bits per heavy atom. The van der Waals surface area contributed by atoms with E-state index >= 15 is 0 Å². The molecular weight excluding hydrogens is 509 g/mol. The predicted molar refractivity (Wildman–Crippen MR) is 129 cm³/mol. The molecule has 0 bridgehead atoms. The average Bonchev–Trinajstić information content (AvgIpc) is 2.82. The molecular formula is C27H16BrF3O3. The minimum absolute atomic E-state index is 0.0470. The van der Waals surface area contributed by atoms with E-state index < -0.39 is 22.9 Å². The van der Waals surface area contributed by atoms with E-state index in [2.05, 4.69) is 15.9 Å². The van der Waals surface area contributed by atoms with Gasteiger partial charge in [-0.15, -0.1) is 0 Å². The third-order valence-electron chi connectivity index (χ3n) is 5.47. The molecule has 4 aromatic carbocycles. The maximum atomic E-state index is 14.1. The van der Waals surface area contributed by atoms with Crippen molar-refractivity contribution < 1.29 is 22.3 Å². The first-order valence-electron chi connectivity index (χ1n) is 10.3. The van der Waals surface area contributed by atoms with Crippen molar-refractivity contribution in [3.05, 3.63) is 111 Å². The molecule has 5 rings (SSSR count). The number of rotatable bonds is 4. The number of ether oxygens (including phenoxy) is 1. The van der Waals surface area contributed by atoms with Crippen molar-refractivity contribution in [3.63, 3.8) is 0 Å². The van der Waals surface area contributed by atoms with Gasteiger partial charge in [0.2, 0.25) is 11.2 Å². The zero-order valence-electron chi connectivity index (χ0n) is 17.5. The zero-order chi connectivity index (χ0) is 23.9. The second-order valence-corrected chi connectivity index (χ2v) is 8.65. The van der Waals surface area contributed by atoms with Gasteiger partial charge in [0.15, 0.2) is 0 Å². The van der Waals surface area contributed by atoms with E-state index in [1.165, 1.54) is 18.2 Å². The Hall–Kier alpha value is -3.58. The Balaban J connectivity index is 1.65. The number of hydrogen-bond donors (Lipinski definition) is 0. The fourth-order valence-electron chi connectivity index (χ4n) is 3.94. The van der Waals surface area contributed by atoms with E-state index in [1.54, 1.807) is 42.5 Å². The first-order valence-corrected chi connectivity index (χ1v) is 11.1. The normalized spacial score (nSPS) is 11.8. The first-order chi connectivity index (χ1) is 16.3. The molecule has 1 heterocycles. The van der Waals surface area contributed by atoms with Crippen molar-refractivity contribution in [2.24, 2.45) is 0 Å². The summed E-state index contributed by atoms with van der Waals surface area (Å²) in [5.41, 5.74) is -0.384. The van der Waals surface area contributed by atoms with Crippen LogP contribution in [-0.4, -0.2) is 0 Å². The van der Waals surface area contributed by atoms with E-state index in [1.807, 2.05) is 24.3 Å². The molecule has 3 nitrogen and oxygen atoms in total. The maximum Gasteiger partial charge on any atom is 0.450 e. The number of alkyl halides is 3. The standard InChI is InChI=1S/C27H16BrF3O3/c28-18-8-3-5-16(13-18)15-33-19-11-12-22-23(14-19)34-26(27(29,30)31)24(25(22)32)21-10-4-7-17-6-1-2-9-20(17)21/h1-14H,15H2. The van der Waals surface area contributed by atoms with Crippen molar-refractivity contribution >= 4 is 37.7 Å². The number of fused-ring (bicyclic) bond motifs is 2. The summed E-state index contributed by atoms with van der Waals surface area (Å²) < 4.78 is 54.2. The van der Waals surface area contributed by atoms with Crippen LogP contribution in [0, 0.1) is 0 Å². The summed E-state index contributed by atoms with van der Waals surface area (Å²) in [7, 11) is 0. The number of halogens is 4. The predicted octanol–water partition coefficient (Wildman–Crippen LogP) is 7.97. The van der Waals surface area contributed by atoms with Crippen LogP contribution in [0.3, 0.4) is 0 Å². The van der Waals surface area contributed by atoms with E-state index in [9.17, 15) is 18.0 Å². The Morgan fingerprint density at radius 1 is 0.853 bits per heavy atom. The van der Waals surface area contributed by atoms with Crippen LogP contribution in [0.1, 0.15) is 11.3 Å². The van der Waals surface area contributed by atoms with Gasteiger partial charge < -0.3 is 9.15 Å². The minimum atomic E-state index is -4.87. The van der Waals surface area contributed by atoms with E-state index in [0.29, 0.717) is 11.1 Å². The monoisotopic (exact) mass is 524 g/mol. The lowest BCUT2D eigenvalue weighted by atomic mass is 9.96. The van der Waals surface area contributed by atoms with Crippen molar-refractivity contribution in [1.29, 1.82) is 0 Å². The Labute approximate surface area is 200 Å². The van der Waals surface area contributed by atoms with Gasteiger partial charge >= 0.3 is 6.18 Å².